The molecule has 0 N–H and O–H groups in total. The summed E-state index contributed by atoms with van der Waals surface area (Å²) in [6.07, 6.45) is 7.30. The van der Waals surface area contributed by atoms with Crippen molar-refractivity contribution in [2.75, 3.05) is 106 Å². The maximum atomic E-state index is 11.6. The number of hydrogen-bond donors (Lipinski definition) is 0. The van der Waals surface area contributed by atoms with Gasteiger partial charge in [-0.15, -0.1) is 0 Å². The Hall–Kier alpha value is -1.34. The fraction of sp³-hybridized carbons (Fsp3) is 0.929. The van der Waals surface area contributed by atoms with E-state index in [1.807, 2.05) is 6.92 Å². The van der Waals surface area contributed by atoms with Gasteiger partial charge in [0.15, 0.2) is 0 Å². The molecule has 0 aliphatic heterocycles. The second kappa shape index (κ2) is 32.9. The van der Waals surface area contributed by atoms with Crippen molar-refractivity contribution in [3.63, 3.8) is 0 Å². The van der Waals surface area contributed by atoms with Crippen molar-refractivity contribution < 1.29 is 52.2 Å². The van der Waals surface area contributed by atoms with Crippen molar-refractivity contribution in [1.82, 2.24) is 0 Å². The molecule has 0 spiro atoms. The molecule has 0 aliphatic carbocycles. The maximum Gasteiger partial charge on any atom is 0.305 e. The molecule has 0 unspecified atom stereocenters. The van der Waals surface area contributed by atoms with Crippen molar-refractivity contribution in [2.45, 2.75) is 65.2 Å². The normalized spacial score (nSPS) is 11.1. The molecule has 232 valence electrons. The molecule has 0 saturated carbocycles. The summed E-state index contributed by atoms with van der Waals surface area (Å²) in [5.41, 5.74) is 0. The Morgan fingerprint density at radius 3 is 1.00 bits per heavy atom. The van der Waals surface area contributed by atoms with E-state index < -0.39 is 0 Å². The number of ether oxygens (including phenoxy) is 9. The Balaban J connectivity index is 3.11. The van der Waals surface area contributed by atoms with Crippen molar-refractivity contribution >= 4 is 11.9 Å². The van der Waals surface area contributed by atoms with Crippen molar-refractivity contribution in [1.29, 1.82) is 0 Å². The molecular weight excluding hydrogens is 512 g/mol. The molecule has 11 heteroatoms. The molecule has 0 heterocycles. The van der Waals surface area contributed by atoms with Crippen molar-refractivity contribution in [2.24, 2.45) is 0 Å². The standard InChI is InChI=1S/C28H54O11/c1-3-5-6-7-8-10-28(30)39-26-24-37-22-20-35-18-16-33-14-12-31-11-13-32-15-17-34-19-21-36-23-25-38-27(29)9-4-2/h3-26H2,1-2H3. The lowest BCUT2D eigenvalue weighted by Crippen LogP contribution is -2.15. The summed E-state index contributed by atoms with van der Waals surface area (Å²) in [6.45, 7) is 11.2. The summed E-state index contributed by atoms with van der Waals surface area (Å²) in [7, 11) is 0. The van der Waals surface area contributed by atoms with Crippen LogP contribution in [-0.4, -0.2) is 118 Å². The molecule has 0 rings (SSSR count). The van der Waals surface area contributed by atoms with Gasteiger partial charge >= 0.3 is 11.9 Å². The number of carbonyl (C=O) groups is 2. The summed E-state index contributed by atoms with van der Waals surface area (Å²) in [4.78, 5) is 22.7. The molecule has 0 aromatic carbocycles. The second-order valence-corrected chi connectivity index (χ2v) is 8.64. The third kappa shape index (κ3) is 32.8. The van der Waals surface area contributed by atoms with Crippen molar-refractivity contribution in [3.8, 4) is 0 Å². The molecule has 39 heavy (non-hydrogen) atoms. The van der Waals surface area contributed by atoms with Crippen LogP contribution in [-0.2, 0) is 52.2 Å². The fourth-order valence-electron chi connectivity index (χ4n) is 3.07. The van der Waals surface area contributed by atoms with Gasteiger partial charge in [-0.05, 0) is 12.8 Å². The SMILES string of the molecule is CCCCCCCC(=O)OCCOCCOCCOCCOCCOCCOCCOCCOC(=O)CCC. The highest BCUT2D eigenvalue weighted by Gasteiger charge is 2.02. The smallest absolute Gasteiger partial charge is 0.305 e. The summed E-state index contributed by atoms with van der Waals surface area (Å²) in [5.74, 6) is -0.338. The zero-order chi connectivity index (χ0) is 28.5. The molecule has 0 bridgehead atoms. The Labute approximate surface area is 235 Å². The van der Waals surface area contributed by atoms with Crippen LogP contribution >= 0.6 is 0 Å². The minimum absolute atomic E-state index is 0.149. The van der Waals surface area contributed by atoms with E-state index in [9.17, 15) is 9.59 Å². The predicted octanol–water partition coefficient (Wildman–Crippen LogP) is 3.35. The van der Waals surface area contributed by atoms with E-state index in [1.165, 1.54) is 19.3 Å². The van der Waals surface area contributed by atoms with Gasteiger partial charge in [0.2, 0.25) is 0 Å². The third-order valence-electron chi connectivity index (χ3n) is 5.15. The van der Waals surface area contributed by atoms with Crippen LogP contribution in [0.4, 0.5) is 0 Å². The maximum absolute atomic E-state index is 11.6. The van der Waals surface area contributed by atoms with Crippen LogP contribution in [0.5, 0.6) is 0 Å². The van der Waals surface area contributed by atoms with Crippen LogP contribution in [0.1, 0.15) is 65.2 Å². The van der Waals surface area contributed by atoms with Gasteiger partial charge in [0.1, 0.15) is 13.2 Å². The van der Waals surface area contributed by atoms with E-state index >= 15 is 0 Å². The summed E-state index contributed by atoms with van der Waals surface area (Å²) in [5, 5.41) is 0. The van der Waals surface area contributed by atoms with Crippen LogP contribution in [0.15, 0.2) is 0 Å². The van der Waals surface area contributed by atoms with Crippen molar-refractivity contribution in [3.05, 3.63) is 0 Å². The van der Waals surface area contributed by atoms with E-state index in [2.05, 4.69) is 6.92 Å². The van der Waals surface area contributed by atoms with E-state index in [-0.39, 0.29) is 25.2 Å². The minimum Gasteiger partial charge on any atom is -0.463 e. The minimum atomic E-state index is -0.189. The Morgan fingerprint density at radius 2 is 0.667 bits per heavy atom. The second-order valence-electron chi connectivity index (χ2n) is 8.64. The van der Waals surface area contributed by atoms with Gasteiger partial charge in [0.25, 0.3) is 0 Å². The Bertz CT molecular complexity index is 520. The molecule has 0 fully saturated rings. The molecule has 0 amide bonds. The first kappa shape index (κ1) is 37.7. The number of carbonyl (C=O) groups excluding carboxylic acids is 2. The zero-order valence-electron chi connectivity index (χ0n) is 24.5. The van der Waals surface area contributed by atoms with E-state index in [4.69, 9.17) is 42.6 Å². The van der Waals surface area contributed by atoms with Gasteiger partial charge in [-0.1, -0.05) is 39.5 Å². The first-order valence-electron chi connectivity index (χ1n) is 14.6. The highest BCUT2D eigenvalue weighted by atomic mass is 16.6. The van der Waals surface area contributed by atoms with Gasteiger partial charge < -0.3 is 42.6 Å². The first-order chi connectivity index (χ1) is 19.2. The third-order valence-corrected chi connectivity index (χ3v) is 5.15. The van der Waals surface area contributed by atoms with Gasteiger partial charge in [0.05, 0.1) is 92.5 Å². The number of rotatable bonds is 32. The van der Waals surface area contributed by atoms with Crippen LogP contribution in [0.2, 0.25) is 0 Å². The molecule has 0 saturated heterocycles. The topological polar surface area (TPSA) is 117 Å². The van der Waals surface area contributed by atoms with Crippen LogP contribution in [0.3, 0.4) is 0 Å². The van der Waals surface area contributed by atoms with Crippen LogP contribution in [0.25, 0.3) is 0 Å². The van der Waals surface area contributed by atoms with E-state index in [0.29, 0.717) is 105 Å². The molecule has 0 radical (unpaired) electrons. The van der Waals surface area contributed by atoms with Crippen LogP contribution in [0, 0.1) is 0 Å². The Kier molecular flexibility index (Phi) is 31.7. The average Bonchev–Trinajstić information content (AvgIpc) is 2.93. The summed E-state index contributed by atoms with van der Waals surface area (Å²) < 4.78 is 48.0. The number of unbranched alkanes of at least 4 members (excludes halogenated alkanes) is 4. The van der Waals surface area contributed by atoms with Crippen LogP contribution < -0.4 is 0 Å². The molecule has 0 aromatic rings. The number of hydrogen-bond acceptors (Lipinski definition) is 11. The largest absolute Gasteiger partial charge is 0.463 e. The average molecular weight is 567 g/mol. The lowest BCUT2D eigenvalue weighted by molar-refractivity contribution is -0.146. The van der Waals surface area contributed by atoms with Gasteiger partial charge in [-0.2, -0.15) is 0 Å². The molecular formula is C28H54O11. The van der Waals surface area contributed by atoms with Gasteiger partial charge in [-0.3, -0.25) is 9.59 Å². The van der Waals surface area contributed by atoms with Gasteiger partial charge in [-0.25, -0.2) is 0 Å². The van der Waals surface area contributed by atoms with E-state index in [0.717, 1.165) is 19.3 Å². The highest BCUT2D eigenvalue weighted by molar-refractivity contribution is 5.69. The fourth-order valence-corrected chi connectivity index (χ4v) is 3.07. The molecule has 0 atom stereocenters. The molecule has 11 nitrogen and oxygen atoms in total. The quantitative estimate of drug-likeness (QED) is 0.0881. The van der Waals surface area contributed by atoms with E-state index in [1.54, 1.807) is 0 Å². The Morgan fingerprint density at radius 1 is 0.359 bits per heavy atom. The summed E-state index contributed by atoms with van der Waals surface area (Å²) in [6, 6.07) is 0. The highest BCUT2D eigenvalue weighted by Crippen LogP contribution is 2.05. The lowest BCUT2D eigenvalue weighted by atomic mass is 10.1. The molecule has 0 aliphatic rings. The molecule has 0 aromatic heterocycles. The predicted molar refractivity (Wildman–Crippen MR) is 146 cm³/mol. The lowest BCUT2D eigenvalue weighted by Gasteiger charge is -2.09. The first-order valence-corrected chi connectivity index (χ1v) is 14.6. The monoisotopic (exact) mass is 566 g/mol. The number of esters is 2. The van der Waals surface area contributed by atoms with Gasteiger partial charge in [0, 0.05) is 12.8 Å². The summed E-state index contributed by atoms with van der Waals surface area (Å²) >= 11 is 0. The zero-order valence-corrected chi connectivity index (χ0v) is 24.5.